The maximum Gasteiger partial charge on any atom is 0.194 e. The standard InChI is InChI=1S/C11H12N6O/c1-2-17-6-7(4-15-16-13)10(18)9-3-8(12)5-14-11(9)17/h3,5-6H,2,4,12H2,1H3. The first-order valence-electron chi connectivity index (χ1n) is 5.45. The number of fused-ring (bicyclic) bond motifs is 1. The van der Waals surface area contributed by atoms with E-state index in [1.165, 1.54) is 6.20 Å². The summed E-state index contributed by atoms with van der Waals surface area (Å²) in [6.45, 7) is 2.64. The molecule has 0 spiro atoms. The minimum absolute atomic E-state index is 0.0278. The topological polar surface area (TPSA) is 110 Å². The predicted molar refractivity (Wildman–Crippen MR) is 68.9 cm³/mol. The Morgan fingerprint density at radius 2 is 2.39 bits per heavy atom. The molecular weight excluding hydrogens is 232 g/mol. The van der Waals surface area contributed by atoms with Crippen LogP contribution >= 0.6 is 0 Å². The number of pyridine rings is 2. The van der Waals surface area contributed by atoms with Crippen molar-refractivity contribution in [3.05, 3.63) is 44.7 Å². The van der Waals surface area contributed by atoms with Crippen molar-refractivity contribution in [2.75, 3.05) is 5.73 Å². The molecule has 7 heteroatoms. The molecule has 2 rings (SSSR count). The van der Waals surface area contributed by atoms with E-state index in [1.54, 1.807) is 12.3 Å². The van der Waals surface area contributed by atoms with Gasteiger partial charge in [0.1, 0.15) is 5.65 Å². The maximum absolute atomic E-state index is 12.2. The van der Waals surface area contributed by atoms with Crippen molar-refractivity contribution in [1.29, 1.82) is 0 Å². The zero-order chi connectivity index (χ0) is 13.1. The number of aryl methyl sites for hydroxylation is 1. The van der Waals surface area contributed by atoms with Gasteiger partial charge in [0.2, 0.25) is 0 Å². The molecule has 0 saturated carbocycles. The second kappa shape index (κ2) is 4.77. The highest BCUT2D eigenvalue weighted by Crippen LogP contribution is 2.13. The number of azide groups is 1. The van der Waals surface area contributed by atoms with Crippen LogP contribution in [0.15, 0.2) is 28.4 Å². The van der Waals surface area contributed by atoms with Crippen LogP contribution in [0, 0.1) is 0 Å². The molecule has 0 aliphatic heterocycles. The Labute approximate surface area is 102 Å². The van der Waals surface area contributed by atoms with Gasteiger partial charge >= 0.3 is 0 Å². The van der Waals surface area contributed by atoms with Crippen LogP contribution < -0.4 is 11.2 Å². The third kappa shape index (κ3) is 1.99. The number of hydrogen-bond donors (Lipinski definition) is 1. The lowest BCUT2D eigenvalue weighted by Gasteiger charge is -2.09. The molecule has 2 aromatic heterocycles. The number of rotatable bonds is 3. The lowest BCUT2D eigenvalue weighted by Crippen LogP contribution is -2.15. The molecule has 0 atom stereocenters. The molecule has 0 aliphatic rings. The molecule has 7 nitrogen and oxygen atoms in total. The second-order valence-electron chi connectivity index (χ2n) is 3.80. The number of nitrogen functional groups attached to an aromatic ring is 1. The number of nitrogens with two attached hydrogens (primary N) is 1. The molecule has 0 aliphatic carbocycles. The van der Waals surface area contributed by atoms with Crippen molar-refractivity contribution in [2.45, 2.75) is 20.0 Å². The Morgan fingerprint density at radius 1 is 1.61 bits per heavy atom. The molecule has 2 heterocycles. The third-order valence-corrected chi connectivity index (χ3v) is 2.65. The lowest BCUT2D eigenvalue weighted by atomic mass is 10.2. The summed E-state index contributed by atoms with van der Waals surface area (Å²) in [4.78, 5) is 19.0. The number of anilines is 1. The molecule has 2 N–H and O–H groups in total. The second-order valence-corrected chi connectivity index (χ2v) is 3.80. The van der Waals surface area contributed by atoms with E-state index >= 15 is 0 Å². The molecule has 0 bridgehead atoms. The minimum Gasteiger partial charge on any atom is -0.397 e. The summed E-state index contributed by atoms with van der Waals surface area (Å²) in [7, 11) is 0. The SMILES string of the molecule is CCn1cc(CN=[N+]=[N-])c(=O)c2cc(N)cnc21. The molecule has 0 saturated heterocycles. The Hall–Kier alpha value is -2.53. The van der Waals surface area contributed by atoms with E-state index in [2.05, 4.69) is 15.0 Å². The van der Waals surface area contributed by atoms with Gasteiger partial charge in [0, 0.05) is 23.2 Å². The summed E-state index contributed by atoms with van der Waals surface area (Å²) in [6, 6.07) is 1.59. The van der Waals surface area contributed by atoms with E-state index in [0.29, 0.717) is 28.8 Å². The zero-order valence-corrected chi connectivity index (χ0v) is 9.87. The van der Waals surface area contributed by atoms with Gasteiger partial charge in [0.25, 0.3) is 0 Å². The van der Waals surface area contributed by atoms with Crippen molar-refractivity contribution in [2.24, 2.45) is 5.11 Å². The van der Waals surface area contributed by atoms with E-state index in [-0.39, 0.29) is 12.0 Å². The average molecular weight is 244 g/mol. The summed E-state index contributed by atoms with van der Waals surface area (Å²) in [5.74, 6) is 0. The van der Waals surface area contributed by atoms with Gasteiger partial charge in [-0.25, -0.2) is 4.98 Å². The van der Waals surface area contributed by atoms with Gasteiger partial charge < -0.3 is 10.3 Å². The first kappa shape index (κ1) is 11.9. The van der Waals surface area contributed by atoms with Crippen LogP contribution in [-0.4, -0.2) is 9.55 Å². The minimum atomic E-state index is -0.193. The summed E-state index contributed by atoms with van der Waals surface area (Å²) in [5.41, 5.74) is 15.2. The fraction of sp³-hybridized carbons (Fsp3) is 0.273. The van der Waals surface area contributed by atoms with Gasteiger partial charge in [0.05, 0.1) is 23.8 Å². The van der Waals surface area contributed by atoms with Gasteiger partial charge in [-0.15, -0.1) is 0 Å². The van der Waals surface area contributed by atoms with E-state index in [4.69, 9.17) is 11.3 Å². The fourth-order valence-electron chi connectivity index (χ4n) is 1.81. The lowest BCUT2D eigenvalue weighted by molar-refractivity contribution is 0.765. The Balaban J connectivity index is 2.79. The number of aromatic nitrogens is 2. The van der Waals surface area contributed by atoms with E-state index in [9.17, 15) is 4.79 Å². The Bertz CT molecular complexity index is 698. The highest BCUT2D eigenvalue weighted by molar-refractivity contribution is 5.78. The fourth-order valence-corrected chi connectivity index (χ4v) is 1.81. The van der Waals surface area contributed by atoms with Gasteiger partial charge in [-0.05, 0) is 18.5 Å². The van der Waals surface area contributed by atoms with Crippen LogP contribution in [-0.2, 0) is 13.1 Å². The van der Waals surface area contributed by atoms with Crippen molar-refractivity contribution < 1.29 is 0 Å². The maximum atomic E-state index is 12.2. The Morgan fingerprint density at radius 3 is 3.06 bits per heavy atom. The molecule has 0 fully saturated rings. The van der Waals surface area contributed by atoms with Crippen molar-refractivity contribution in [1.82, 2.24) is 9.55 Å². The van der Waals surface area contributed by atoms with E-state index < -0.39 is 0 Å². The molecule has 0 radical (unpaired) electrons. The normalized spacial score (nSPS) is 10.3. The van der Waals surface area contributed by atoms with Crippen LogP contribution in [0.1, 0.15) is 12.5 Å². The van der Waals surface area contributed by atoms with Gasteiger partial charge in [0.15, 0.2) is 5.43 Å². The summed E-state index contributed by atoms with van der Waals surface area (Å²) >= 11 is 0. The molecule has 92 valence electrons. The molecule has 0 unspecified atom stereocenters. The Kier molecular flexibility index (Phi) is 3.16. The van der Waals surface area contributed by atoms with Crippen molar-refractivity contribution >= 4 is 16.7 Å². The number of hydrogen-bond acceptors (Lipinski definition) is 4. The summed E-state index contributed by atoms with van der Waals surface area (Å²) in [5, 5.41) is 3.87. The van der Waals surface area contributed by atoms with Gasteiger partial charge in [-0.1, -0.05) is 5.11 Å². The molecule has 18 heavy (non-hydrogen) atoms. The molecular formula is C11H12N6O. The zero-order valence-electron chi connectivity index (χ0n) is 9.87. The first-order chi connectivity index (χ1) is 8.67. The van der Waals surface area contributed by atoms with Crippen molar-refractivity contribution in [3.8, 4) is 0 Å². The van der Waals surface area contributed by atoms with Crippen LogP contribution in [0.3, 0.4) is 0 Å². The highest BCUT2D eigenvalue weighted by Gasteiger charge is 2.09. The van der Waals surface area contributed by atoms with Crippen molar-refractivity contribution in [3.63, 3.8) is 0 Å². The quantitative estimate of drug-likeness (QED) is 0.505. The van der Waals surface area contributed by atoms with Crippen LogP contribution in [0.4, 0.5) is 5.69 Å². The van der Waals surface area contributed by atoms with Crippen LogP contribution in [0.2, 0.25) is 0 Å². The highest BCUT2D eigenvalue weighted by atomic mass is 16.1. The first-order valence-corrected chi connectivity index (χ1v) is 5.45. The molecule has 2 aromatic rings. The summed E-state index contributed by atoms with van der Waals surface area (Å²) in [6.07, 6.45) is 3.18. The number of nitrogens with zero attached hydrogens (tertiary/aromatic N) is 5. The summed E-state index contributed by atoms with van der Waals surface area (Å²) < 4.78 is 1.83. The van der Waals surface area contributed by atoms with E-state index in [1.807, 2.05) is 11.5 Å². The van der Waals surface area contributed by atoms with Gasteiger partial charge in [-0.2, -0.15) is 0 Å². The smallest absolute Gasteiger partial charge is 0.194 e. The predicted octanol–water partition coefficient (Wildman–Crippen LogP) is 1.81. The third-order valence-electron chi connectivity index (χ3n) is 2.65. The van der Waals surface area contributed by atoms with Gasteiger partial charge in [-0.3, -0.25) is 4.79 Å². The largest absolute Gasteiger partial charge is 0.397 e. The average Bonchev–Trinajstić information content (AvgIpc) is 2.38. The molecule has 0 aromatic carbocycles. The van der Waals surface area contributed by atoms with Crippen LogP contribution in [0.5, 0.6) is 0 Å². The van der Waals surface area contributed by atoms with E-state index in [0.717, 1.165) is 0 Å². The molecule has 0 amide bonds. The van der Waals surface area contributed by atoms with Crippen LogP contribution in [0.25, 0.3) is 21.5 Å². The monoisotopic (exact) mass is 244 g/mol.